The van der Waals surface area contributed by atoms with Crippen molar-refractivity contribution < 1.29 is 4.52 Å². The number of hydrogen-bond donors (Lipinski definition) is 2. The van der Waals surface area contributed by atoms with Crippen molar-refractivity contribution >= 4 is 0 Å². The van der Waals surface area contributed by atoms with Gasteiger partial charge in [0.2, 0.25) is 5.56 Å². The van der Waals surface area contributed by atoms with Gasteiger partial charge >= 0.3 is 0 Å². The number of nitrogens with zero attached hydrogens (tertiary/aromatic N) is 2. The quantitative estimate of drug-likeness (QED) is 0.832. The van der Waals surface area contributed by atoms with Gasteiger partial charge in [-0.05, 0) is 25.5 Å². The molecular weight excluding hydrogens is 232 g/mol. The maximum Gasteiger partial charge on any atom is 0.274 e. The van der Waals surface area contributed by atoms with E-state index in [0.29, 0.717) is 17.4 Å². The van der Waals surface area contributed by atoms with Crippen molar-refractivity contribution in [3.63, 3.8) is 0 Å². The zero-order chi connectivity index (χ0) is 12.4. The summed E-state index contributed by atoms with van der Waals surface area (Å²) in [6, 6.07) is 5.01. The Balaban J connectivity index is 1.86. The predicted molar refractivity (Wildman–Crippen MR) is 64.9 cm³/mol. The molecule has 1 aliphatic rings. The van der Waals surface area contributed by atoms with Crippen LogP contribution in [0.1, 0.15) is 31.1 Å². The van der Waals surface area contributed by atoms with E-state index in [4.69, 9.17) is 4.52 Å². The molecule has 2 aromatic rings. The first-order chi connectivity index (χ1) is 8.83. The Hall–Kier alpha value is -1.95. The average Bonchev–Trinajstić information content (AvgIpc) is 2.89. The minimum atomic E-state index is -0.178. The van der Waals surface area contributed by atoms with Crippen molar-refractivity contribution in [1.29, 1.82) is 0 Å². The van der Waals surface area contributed by atoms with Crippen LogP contribution in [0.25, 0.3) is 11.6 Å². The molecule has 1 unspecified atom stereocenters. The Morgan fingerprint density at radius 1 is 1.33 bits per heavy atom. The zero-order valence-electron chi connectivity index (χ0n) is 9.85. The SMILES string of the molecule is O=c1cccc(-c2nc(C3CCCCN3)no2)[nH]1. The first-order valence-corrected chi connectivity index (χ1v) is 6.09. The Morgan fingerprint density at radius 2 is 2.28 bits per heavy atom. The molecule has 0 amide bonds. The number of pyridine rings is 1. The highest BCUT2D eigenvalue weighted by Crippen LogP contribution is 2.22. The van der Waals surface area contributed by atoms with Gasteiger partial charge in [0.25, 0.3) is 5.89 Å². The molecule has 1 aliphatic heterocycles. The molecule has 2 N–H and O–H groups in total. The molecule has 3 rings (SSSR count). The smallest absolute Gasteiger partial charge is 0.274 e. The number of rotatable bonds is 2. The lowest BCUT2D eigenvalue weighted by atomic mass is 10.0. The molecule has 0 bridgehead atoms. The van der Waals surface area contributed by atoms with Gasteiger partial charge in [0.05, 0.1) is 6.04 Å². The molecule has 6 heteroatoms. The summed E-state index contributed by atoms with van der Waals surface area (Å²) in [7, 11) is 0. The third kappa shape index (κ3) is 2.19. The lowest BCUT2D eigenvalue weighted by Gasteiger charge is -2.19. The topological polar surface area (TPSA) is 83.8 Å². The molecule has 0 aliphatic carbocycles. The summed E-state index contributed by atoms with van der Waals surface area (Å²) in [5.41, 5.74) is 0.375. The summed E-state index contributed by atoms with van der Waals surface area (Å²) in [5.74, 6) is 1.02. The Bertz CT molecular complexity index is 584. The fourth-order valence-corrected chi connectivity index (χ4v) is 2.13. The van der Waals surface area contributed by atoms with Gasteiger partial charge in [-0.3, -0.25) is 4.79 Å². The normalized spacial score (nSPS) is 19.9. The fraction of sp³-hybridized carbons (Fsp3) is 0.417. The highest BCUT2D eigenvalue weighted by Gasteiger charge is 2.20. The van der Waals surface area contributed by atoms with E-state index in [9.17, 15) is 4.79 Å². The highest BCUT2D eigenvalue weighted by molar-refractivity contribution is 5.45. The van der Waals surface area contributed by atoms with Crippen LogP contribution in [-0.4, -0.2) is 21.7 Å². The molecule has 1 fully saturated rings. The molecule has 2 aromatic heterocycles. The van der Waals surface area contributed by atoms with E-state index in [0.717, 1.165) is 13.0 Å². The van der Waals surface area contributed by atoms with Crippen LogP contribution in [0.5, 0.6) is 0 Å². The molecule has 1 saturated heterocycles. The van der Waals surface area contributed by atoms with Crippen LogP contribution in [0.2, 0.25) is 0 Å². The number of hydrogen-bond acceptors (Lipinski definition) is 5. The van der Waals surface area contributed by atoms with Crippen molar-refractivity contribution in [2.45, 2.75) is 25.3 Å². The summed E-state index contributed by atoms with van der Waals surface area (Å²) in [6.45, 7) is 0.983. The third-order valence-corrected chi connectivity index (χ3v) is 3.06. The third-order valence-electron chi connectivity index (χ3n) is 3.06. The van der Waals surface area contributed by atoms with Gasteiger partial charge in [0.15, 0.2) is 5.82 Å². The number of aromatic amines is 1. The van der Waals surface area contributed by atoms with E-state index in [2.05, 4.69) is 20.4 Å². The van der Waals surface area contributed by atoms with E-state index in [1.807, 2.05) is 0 Å². The maximum absolute atomic E-state index is 11.2. The Morgan fingerprint density at radius 3 is 3.06 bits per heavy atom. The first-order valence-electron chi connectivity index (χ1n) is 6.09. The van der Waals surface area contributed by atoms with Crippen molar-refractivity contribution in [3.8, 4) is 11.6 Å². The molecular formula is C12H14N4O2. The second-order valence-electron chi connectivity index (χ2n) is 4.39. The van der Waals surface area contributed by atoms with Gasteiger partial charge < -0.3 is 14.8 Å². The first kappa shape index (κ1) is 11.2. The van der Waals surface area contributed by atoms with Gasteiger partial charge in [-0.1, -0.05) is 17.6 Å². The lowest BCUT2D eigenvalue weighted by Crippen LogP contribution is -2.27. The highest BCUT2D eigenvalue weighted by atomic mass is 16.5. The molecule has 1 atom stereocenters. The Kier molecular flexibility index (Phi) is 2.93. The van der Waals surface area contributed by atoms with Crippen LogP contribution < -0.4 is 10.9 Å². The summed E-state index contributed by atoms with van der Waals surface area (Å²) >= 11 is 0. The standard InChI is InChI=1S/C12H14N4O2/c17-10-6-3-5-9(14-10)12-15-11(16-18-12)8-4-1-2-7-13-8/h3,5-6,8,13H,1-2,4,7H2,(H,14,17). The summed E-state index contributed by atoms with van der Waals surface area (Å²) in [4.78, 5) is 18.2. The molecule has 0 aromatic carbocycles. The van der Waals surface area contributed by atoms with Gasteiger partial charge in [-0.2, -0.15) is 4.98 Å². The number of piperidine rings is 1. The van der Waals surface area contributed by atoms with E-state index in [-0.39, 0.29) is 11.6 Å². The van der Waals surface area contributed by atoms with Crippen LogP contribution in [0.15, 0.2) is 27.5 Å². The predicted octanol–water partition coefficient (Wildman–Crippen LogP) is 1.24. The van der Waals surface area contributed by atoms with Gasteiger partial charge in [0, 0.05) is 6.07 Å². The van der Waals surface area contributed by atoms with Crippen molar-refractivity contribution in [2.24, 2.45) is 0 Å². The number of nitrogens with one attached hydrogen (secondary N) is 2. The van der Waals surface area contributed by atoms with Crippen LogP contribution >= 0.6 is 0 Å². The largest absolute Gasteiger partial charge is 0.332 e. The van der Waals surface area contributed by atoms with E-state index in [1.54, 1.807) is 12.1 Å². The van der Waals surface area contributed by atoms with Crippen LogP contribution in [0.3, 0.4) is 0 Å². The minimum absolute atomic E-state index is 0.159. The number of H-pyrrole nitrogens is 1. The molecule has 0 radical (unpaired) electrons. The Labute approximate surface area is 103 Å². The minimum Gasteiger partial charge on any atom is -0.332 e. The monoisotopic (exact) mass is 246 g/mol. The fourth-order valence-electron chi connectivity index (χ4n) is 2.13. The zero-order valence-corrected chi connectivity index (χ0v) is 9.85. The van der Waals surface area contributed by atoms with E-state index >= 15 is 0 Å². The van der Waals surface area contributed by atoms with Crippen molar-refractivity contribution in [1.82, 2.24) is 20.4 Å². The second-order valence-corrected chi connectivity index (χ2v) is 4.39. The summed E-state index contributed by atoms with van der Waals surface area (Å²) in [6.07, 6.45) is 3.38. The lowest BCUT2D eigenvalue weighted by molar-refractivity contribution is 0.366. The molecule has 94 valence electrons. The molecule has 0 saturated carbocycles. The van der Waals surface area contributed by atoms with E-state index in [1.165, 1.54) is 18.9 Å². The molecule has 18 heavy (non-hydrogen) atoms. The van der Waals surface area contributed by atoms with Crippen LogP contribution in [0, 0.1) is 0 Å². The second kappa shape index (κ2) is 4.73. The number of aromatic nitrogens is 3. The molecule has 0 spiro atoms. The van der Waals surface area contributed by atoms with Gasteiger partial charge in [-0.25, -0.2) is 0 Å². The average molecular weight is 246 g/mol. The van der Waals surface area contributed by atoms with E-state index < -0.39 is 0 Å². The van der Waals surface area contributed by atoms with Crippen molar-refractivity contribution in [2.75, 3.05) is 6.54 Å². The van der Waals surface area contributed by atoms with Crippen LogP contribution in [-0.2, 0) is 0 Å². The van der Waals surface area contributed by atoms with Crippen molar-refractivity contribution in [3.05, 3.63) is 34.4 Å². The maximum atomic E-state index is 11.2. The summed E-state index contributed by atoms with van der Waals surface area (Å²) in [5, 5.41) is 7.33. The van der Waals surface area contributed by atoms with Crippen LogP contribution in [0.4, 0.5) is 0 Å². The summed E-state index contributed by atoms with van der Waals surface area (Å²) < 4.78 is 5.19. The molecule has 6 nitrogen and oxygen atoms in total. The van der Waals surface area contributed by atoms with Gasteiger partial charge in [-0.15, -0.1) is 0 Å². The van der Waals surface area contributed by atoms with Gasteiger partial charge in [0.1, 0.15) is 5.69 Å². The molecule has 3 heterocycles.